The Hall–Kier alpha value is -4.89. The van der Waals surface area contributed by atoms with Gasteiger partial charge < -0.3 is 155 Å². The number of rotatable bonds is 31. The summed E-state index contributed by atoms with van der Waals surface area (Å²) in [5.74, 6) is -3.72. The van der Waals surface area contributed by atoms with Gasteiger partial charge in [0.2, 0.25) is 23.6 Å². The number of hydrogen-bond acceptors (Lipinski definition) is 31. The van der Waals surface area contributed by atoms with E-state index < -0.39 is 246 Å². The van der Waals surface area contributed by atoms with Gasteiger partial charge in [0.15, 0.2) is 37.7 Å². The topological polar surface area (TPSA) is 539 Å². The first-order valence-corrected chi connectivity index (χ1v) is 32.8. The minimum atomic E-state index is -2.07. The minimum absolute atomic E-state index is 0.0454. The molecular weight excluding hydrogens is 1310 g/mol. The molecule has 0 spiro atoms. The summed E-state index contributed by atoms with van der Waals surface area (Å²) < 4.78 is 71.9. The summed E-state index contributed by atoms with van der Waals surface area (Å²) in [7, 11) is 0. The second kappa shape index (κ2) is 37.9. The SMILES string of the molecule is CCCCCCC=CCCCOc1cccc(C(=O)N[C@@H]2C(O[C@H]3C(O)C(NC(C)=O)C(OC4C(CO)O[C@@H](O[C@H]5C(O)C(NC(C)=O)C(OC6C(CO[C@@H]7OC(C)C(O)[C@H](O)[C@H]7O)O[C@@H](O)[C@@H](NC(C)=O)[C@H]6O)O[C@H]5CO)[C@@H](NC(C)=O)[C@H]4O)O[C@H]3CO)OC(CO)[C@@H](O)[C@@H]2O)c1. The van der Waals surface area contributed by atoms with Crippen molar-refractivity contribution in [1.82, 2.24) is 26.6 Å². The first-order valence-electron chi connectivity index (χ1n) is 32.8. The number of carbonyl (C=O) groups is 5. The summed E-state index contributed by atoms with van der Waals surface area (Å²) in [5, 5.41) is 168. The van der Waals surface area contributed by atoms with E-state index in [1.54, 1.807) is 12.1 Å². The molecule has 7 rings (SSSR count). The maximum atomic E-state index is 13.9. The fraction of sp³-hybridized carbons (Fsp3) is 0.790. The van der Waals surface area contributed by atoms with Crippen LogP contribution in [0.15, 0.2) is 36.4 Å². The Morgan fingerprint density at radius 1 is 0.449 bits per heavy atom. The lowest BCUT2D eigenvalue weighted by Crippen LogP contribution is -2.72. The van der Waals surface area contributed by atoms with Crippen LogP contribution in [-0.2, 0) is 71.3 Å². The van der Waals surface area contributed by atoms with Gasteiger partial charge in [0, 0.05) is 33.3 Å². The van der Waals surface area contributed by atoms with E-state index in [2.05, 4.69) is 45.7 Å². The molecule has 6 fully saturated rings. The van der Waals surface area contributed by atoms with Gasteiger partial charge in [-0.3, -0.25) is 24.0 Å². The Kier molecular flexibility index (Phi) is 31.1. The van der Waals surface area contributed by atoms with Crippen molar-refractivity contribution in [2.75, 3.05) is 39.6 Å². The van der Waals surface area contributed by atoms with Gasteiger partial charge in [-0.25, -0.2) is 0 Å². The third-order valence-corrected chi connectivity index (χ3v) is 17.6. The van der Waals surface area contributed by atoms with E-state index in [0.29, 0.717) is 18.8 Å². The predicted octanol–water partition coefficient (Wildman–Crippen LogP) is -7.37. The molecule has 0 bridgehead atoms. The first kappa shape index (κ1) is 80.4. The third kappa shape index (κ3) is 20.5. The van der Waals surface area contributed by atoms with E-state index in [9.17, 15) is 95.5 Å². The number of hydrogen-bond donors (Lipinski definition) is 19. The standard InChI is InChI=1S/C62H99N5O31/c1-7-8-9-10-11-12-13-14-15-19-87-32-18-16-17-31(20-32)56(85)67-39-45(78)44(77)33(21-68)91-58(39)95-52-34(22-69)92-59(40(47(52)80)64-28(4)73)96-53-35(23-70)93-60(41(48(53)81)65-29(5)74)97-54-36(24-71)94-61(42(49(54)82)66-30(6)75)98-55-37(90-57(86)38(46(55)79)63-27(3)72)25-88-62-51(84)50(83)43(76)26(2)89-62/h12-13,16-18,20,26,33-55,57-62,68-71,76-84,86H,7-11,14-15,19,21-25H2,1-6H3,(H,63,72)(H,64,73)(H,65,74)(H,66,75)(H,67,85)/t26?,33?,34-,35?,36-,37?,38-,39-,40?,41-,42?,43?,44+,45+,46+,47?,48+,49?,50-,51+,52+,53?,54+,55?,57+,58?,59?,60-,61?,62+/m0/s1. The van der Waals surface area contributed by atoms with Gasteiger partial charge in [-0.05, 0) is 50.8 Å². The monoisotopic (exact) mass is 1410 g/mol. The van der Waals surface area contributed by atoms with E-state index >= 15 is 0 Å². The summed E-state index contributed by atoms with van der Waals surface area (Å²) in [6.45, 7) is 3.29. The number of ether oxygens (including phenoxy) is 12. The fourth-order valence-electron chi connectivity index (χ4n) is 12.4. The minimum Gasteiger partial charge on any atom is -0.494 e. The van der Waals surface area contributed by atoms with Crippen molar-refractivity contribution in [3.05, 3.63) is 42.0 Å². The normalized spacial score (nSPS) is 39.9. The molecule has 6 aliphatic heterocycles. The van der Waals surface area contributed by atoms with Crippen LogP contribution in [0.25, 0.3) is 0 Å². The van der Waals surface area contributed by atoms with Crippen molar-refractivity contribution in [3.8, 4) is 5.75 Å². The van der Waals surface area contributed by atoms with Crippen LogP contribution >= 0.6 is 0 Å². The molecule has 14 unspecified atom stereocenters. The van der Waals surface area contributed by atoms with Crippen molar-refractivity contribution in [1.29, 1.82) is 0 Å². The lowest BCUT2D eigenvalue weighted by atomic mass is 9.93. The smallest absolute Gasteiger partial charge is 0.251 e. The number of benzene rings is 1. The predicted molar refractivity (Wildman–Crippen MR) is 328 cm³/mol. The highest BCUT2D eigenvalue weighted by Crippen LogP contribution is 2.37. The van der Waals surface area contributed by atoms with Crippen LogP contribution in [0.2, 0.25) is 0 Å². The molecule has 6 aliphatic rings. The number of aliphatic hydroxyl groups is 14. The highest BCUT2D eigenvalue weighted by Gasteiger charge is 2.58. The second-order valence-electron chi connectivity index (χ2n) is 25.1. The molecule has 558 valence electrons. The number of carbonyl (C=O) groups excluding carboxylic acids is 5. The lowest BCUT2D eigenvalue weighted by Gasteiger charge is -2.51. The molecule has 5 amide bonds. The Balaban J connectivity index is 1.07. The Bertz CT molecular complexity index is 2710. The van der Waals surface area contributed by atoms with Gasteiger partial charge >= 0.3 is 0 Å². The first-order chi connectivity index (χ1) is 46.7. The lowest BCUT2D eigenvalue weighted by molar-refractivity contribution is -0.368. The summed E-state index contributed by atoms with van der Waals surface area (Å²) in [6.07, 6.45) is -33.6. The van der Waals surface area contributed by atoms with Crippen LogP contribution in [0, 0.1) is 0 Å². The third-order valence-electron chi connectivity index (χ3n) is 17.6. The van der Waals surface area contributed by atoms with E-state index in [-0.39, 0.29) is 5.56 Å². The second-order valence-corrected chi connectivity index (χ2v) is 25.1. The molecule has 36 heteroatoms. The molecular formula is C62H99N5O31. The molecule has 1 aromatic carbocycles. The van der Waals surface area contributed by atoms with E-state index in [0.717, 1.165) is 53.4 Å². The largest absolute Gasteiger partial charge is 0.494 e. The van der Waals surface area contributed by atoms with Crippen molar-refractivity contribution in [2.24, 2.45) is 0 Å². The van der Waals surface area contributed by atoms with Gasteiger partial charge in [0.25, 0.3) is 5.91 Å². The summed E-state index contributed by atoms with van der Waals surface area (Å²) >= 11 is 0. The highest BCUT2D eigenvalue weighted by atomic mass is 16.8. The molecule has 19 N–H and O–H groups in total. The van der Waals surface area contributed by atoms with Crippen molar-refractivity contribution in [2.45, 2.75) is 270 Å². The zero-order chi connectivity index (χ0) is 71.8. The van der Waals surface area contributed by atoms with Crippen molar-refractivity contribution in [3.63, 3.8) is 0 Å². The Labute approximate surface area is 564 Å². The summed E-state index contributed by atoms with van der Waals surface area (Å²) in [5.41, 5.74) is 0.0454. The summed E-state index contributed by atoms with van der Waals surface area (Å²) in [6, 6.07) is -2.52. The van der Waals surface area contributed by atoms with Gasteiger partial charge in [0.05, 0.1) is 45.7 Å². The van der Waals surface area contributed by atoms with Crippen LogP contribution in [0.3, 0.4) is 0 Å². The molecule has 36 nitrogen and oxygen atoms in total. The molecule has 6 heterocycles. The van der Waals surface area contributed by atoms with Crippen molar-refractivity contribution >= 4 is 29.5 Å². The molecule has 6 saturated heterocycles. The zero-order valence-corrected chi connectivity index (χ0v) is 55.2. The fourth-order valence-corrected chi connectivity index (χ4v) is 12.4. The Morgan fingerprint density at radius 2 is 0.878 bits per heavy atom. The molecule has 0 aromatic heterocycles. The number of unbranched alkanes of at least 4 members (excludes halogenated alkanes) is 5. The molecule has 30 atom stereocenters. The molecule has 1 aromatic rings. The van der Waals surface area contributed by atoms with Crippen molar-refractivity contribution < 1.29 is 152 Å². The summed E-state index contributed by atoms with van der Waals surface area (Å²) in [4.78, 5) is 65.0. The molecule has 98 heavy (non-hydrogen) atoms. The maximum Gasteiger partial charge on any atom is 0.251 e. The zero-order valence-electron chi connectivity index (χ0n) is 55.2. The average molecular weight is 1410 g/mol. The maximum absolute atomic E-state index is 13.9. The van der Waals surface area contributed by atoms with Crippen LogP contribution in [0.4, 0.5) is 0 Å². The van der Waals surface area contributed by atoms with Crippen LogP contribution in [0.5, 0.6) is 5.75 Å². The van der Waals surface area contributed by atoms with E-state index in [1.165, 1.54) is 31.9 Å². The van der Waals surface area contributed by atoms with Gasteiger partial charge in [0.1, 0.15) is 146 Å². The van der Waals surface area contributed by atoms with Crippen LogP contribution in [0.1, 0.15) is 96.8 Å². The molecule has 0 saturated carbocycles. The van der Waals surface area contributed by atoms with Gasteiger partial charge in [-0.15, -0.1) is 0 Å². The number of aliphatic hydroxyl groups excluding tert-OH is 14. The van der Waals surface area contributed by atoms with Crippen LogP contribution < -0.4 is 31.3 Å². The highest BCUT2D eigenvalue weighted by molar-refractivity contribution is 5.94. The average Bonchev–Trinajstić information content (AvgIpc) is 0.772. The number of nitrogens with one attached hydrogen (secondary N) is 5. The quantitative estimate of drug-likeness (QED) is 0.0243. The molecule has 0 radical (unpaired) electrons. The number of amides is 5. The van der Waals surface area contributed by atoms with Gasteiger partial charge in [-0.1, -0.05) is 44.4 Å². The van der Waals surface area contributed by atoms with E-state index in [1.807, 2.05) is 0 Å². The van der Waals surface area contributed by atoms with E-state index in [4.69, 9.17) is 56.8 Å². The molecule has 0 aliphatic carbocycles. The van der Waals surface area contributed by atoms with Crippen LogP contribution in [-0.4, -0.2) is 325 Å². The number of allylic oxidation sites excluding steroid dienone is 2. The van der Waals surface area contributed by atoms with Gasteiger partial charge in [-0.2, -0.15) is 0 Å². The Morgan fingerprint density at radius 3 is 1.34 bits per heavy atom.